The van der Waals surface area contributed by atoms with Crippen molar-refractivity contribution in [2.75, 3.05) is 31.2 Å². The topological polar surface area (TPSA) is 78.8 Å². The predicted molar refractivity (Wildman–Crippen MR) is 131 cm³/mol. The summed E-state index contributed by atoms with van der Waals surface area (Å²) in [6.45, 7) is 5.53. The van der Waals surface area contributed by atoms with E-state index in [4.69, 9.17) is 9.15 Å². The molecular formula is C27H27N3O4. The van der Waals surface area contributed by atoms with Crippen LogP contribution in [0, 0.1) is 6.92 Å². The number of pyridine rings is 1. The molecule has 0 atom stereocenters. The lowest BCUT2D eigenvalue weighted by molar-refractivity contribution is 0.0717. The fraction of sp³-hybridized carbons (Fsp3) is 0.259. The molecule has 1 fully saturated rings. The monoisotopic (exact) mass is 457 g/mol. The number of carbonyl (C=O) groups excluding carboxylic acids is 1. The van der Waals surface area contributed by atoms with Gasteiger partial charge in [0.15, 0.2) is 0 Å². The third-order valence-electron chi connectivity index (χ3n) is 6.14. The molecule has 5 rings (SSSR count). The highest BCUT2D eigenvalue weighted by Crippen LogP contribution is 2.20. The number of nitrogens with one attached hydrogen (secondary N) is 1. The van der Waals surface area contributed by atoms with E-state index in [-0.39, 0.29) is 24.6 Å². The summed E-state index contributed by atoms with van der Waals surface area (Å²) in [6, 6.07) is 19.0. The second-order valence-corrected chi connectivity index (χ2v) is 8.60. The summed E-state index contributed by atoms with van der Waals surface area (Å²) in [5, 5.41) is 0.940. The molecule has 4 aromatic rings. The zero-order chi connectivity index (χ0) is 23.5. The number of hydrogen-bond acceptors (Lipinski definition) is 5. The summed E-state index contributed by atoms with van der Waals surface area (Å²) in [6.07, 6.45) is 1.58. The Balaban J connectivity index is 1.43. The first kappa shape index (κ1) is 22.0. The van der Waals surface area contributed by atoms with Crippen LogP contribution in [0.1, 0.15) is 27.2 Å². The number of amides is 1. The van der Waals surface area contributed by atoms with Gasteiger partial charge in [-0.15, -0.1) is 0 Å². The highest BCUT2D eigenvalue weighted by atomic mass is 16.5. The van der Waals surface area contributed by atoms with Gasteiger partial charge in [-0.25, -0.2) is 0 Å². The van der Waals surface area contributed by atoms with E-state index in [1.165, 1.54) is 0 Å². The fourth-order valence-electron chi connectivity index (χ4n) is 4.30. The van der Waals surface area contributed by atoms with Gasteiger partial charge in [0.2, 0.25) is 0 Å². The van der Waals surface area contributed by atoms with Crippen molar-refractivity contribution in [2.45, 2.75) is 20.0 Å². The molecule has 2 aromatic heterocycles. The molecule has 7 heteroatoms. The van der Waals surface area contributed by atoms with E-state index in [1.54, 1.807) is 17.2 Å². The van der Waals surface area contributed by atoms with Gasteiger partial charge < -0.3 is 23.9 Å². The lowest BCUT2D eigenvalue weighted by Gasteiger charge is -2.29. The van der Waals surface area contributed by atoms with Crippen LogP contribution in [0.4, 0.5) is 5.69 Å². The molecule has 174 valence electrons. The summed E-state index contributed by atoms with van der Waals surface area (Å²) in [5.74, 6) is 0.500. The number of morpholine rings is 1. The number of benzene rings is 2. The van der Waals surface area contributed by atoms with Crippen molar-refractivity contribution < 1.29 is 13.9 Å². The quantitative estimate of drug-likeness (QED) is 0.472. The zero-order valence-electron chi connectivity index (χ0n) is 19.1. The first-order valence-electron chi connectivity index (χ1n) is 11.4. The van der Waals surface area contributed by atoms with Crippen LogP contribution >= 0.6 is 0 Å². The molecule has 0 bridgehead atoms. The number of H-pyrrole nitrogens is 1. The number of nitrogens with zero attached hydrogens (tertiary/aromatic N) is 2. The number of aryl methyl sites for hydroxylation is 1. The highest BCUT2D eigenvalue weighted by molar-refractivity contribution is 5.94. The number of furan rings is 1. The molecule has 1 aliphatic rings. The van der Waals surface area contributed by atoms with E-state index in [1.807, 2.05) is 61.5 Å². The van der Waals surface area contributed by atoms with E-state index in [0.29, 0.717) is 30.1 Å². The number of hydrogen-bond donors (Lipinski definition) is 1. The smallest absolute Gasteiger partial charge is 0.254 e. The molecule has 1 N–H and O–H groups in total. The number of rotatable bonds is 6. The first-order chi connectivity index (χ1) is 16.6. The molecule has 1 amide bonds. The van der Waals surface area contributed by atoms with Gasteiger partial charge in [-0.05, 0) is 66.9 Å². The van der Waals surface area contributed by atoms with E-state index >= 15 is 0 Å². The molecule has 0 saturated carbocycles. The Morgan fingerprint density at radius 3 is 2.56 bits per heavy atom. The average Bonchev–Trinajstić information content (AvgIpc) is 3.38. The van der Waals surface area contributed by atoms with Gasteiger partial charge in [-0.2, -0.15) is 0 Å². The maximum absolute atomic E-state index is 13.5. The van der Waals surface area contributed by atoms with Crippen molar-refractivity contribution in [1.82, 2.24) is 9.88 Å². The number of anilines is 1. The normalized spacial score (nSPS) is 13.9. The summed E-state index contributed by atoms with van der Waals surface area (Å²) in [7, 11) is 0. The Morgan fingerprint density at radius 1 is 1.03 bits per heavy atom. The van der Waals surface area contributed by atoms with Crippen LogP contribution in [-0.4, -0.2) is 42.1 Å². The van der Waals surface area contributed by atoms with E-state index < -0.39 is 0 Å². The predicted octanol–water partition coefficient (Wildman–Crippen LogP) is 4.11. The fourth-order valence-corrected chi connectivity index (χ4v) is 4.30. The Hall–Kier alpha value is -3.84. The van der Waals surface area contributed by atoms with Gasteiger partial charge in [-0.3, -0.25) is 9.59 Å². The Morgan fingerprint density at radius 2 is 1.82 bits per heavy atom. The third-order valence-corrected chi connectivity index (χ3v) is 6.14. The summed E-state index contributed by atoms with van der Waals surface area (Å²) in [5.41, 5.74) is 3.85. The maximum atomic E-state index is 13.5. The number of aromatic nitrogens is 1. The highest BCUT2D eigenvalue weighted by Gasteiger charge is 2.20. The van der Waals surface area contributed by atoms with Gasteiger partial charge >= 0.3 is 0 Å². The molecule has 1 aliphatic heterocycles. The van der Waals surface area contributed by atoms with Crippen LogP contribution in [0.5, 0.6) is 0 Å². The molecular weight excluding hydrogens is 430 g/mol. The van der Waals surface area contributed by atoms with Gasteiger partial charge in [-0.1, -0.05) is 11.6 Å². The van der Waals surface area contributed by atoms with Crippen molar-refractivity contribution in [3.05, 3.63) is 99.7 Å². The average molecular weight is 458 g/mol. The molecule has 7 nitrogen and oxygen atoms in total. The first-order valence-corrected chi connectivity index (χ1v) is 11.4. The second-order valence-electron chi connectivity index (χ2n) is 8.60. The van der Waals surface area contributed by atoms with Crippen LogP contribution in [0.15, 0.2) is 76.1 Å². The Kier molecular flexibility index (Phi) is 6.18. The van der Waals surface area contributed by atoms with Crippen LogP contribution < -0.4 is 10.5 Å². The van der Waals surface area contributed by atoms with Crippen molar-refractivity contribution in [3.8, 4) is 0 Å². The minimum Gasteiger partial charge on any atom is -0.467 e. The van der Waals surface area contributed by atoms with Gasteiger partial charge in [0.05, 0.1) is 32.6 Å². The van der Waals surface area contributed by atoms with Gasteiger partial charge in [0.1, 0.15) is 5.76 Å². The molecule has 0 unspecified atom stereocenters. The van der Waals surface area contributed by atoms with Crippen LogP contribution in [0.3, 0.4) is 0 Å². The lowest BCUT2D eigenvalue weighted by atomic mass is 10.1. The number of carbonyl (C=O) groups is 1. The lowest BCUT2D eigenvalue weighted by Crippen LogP contribution is -2.36. The van der Waals surface area contributed by atoms with E-state index in [9.17, 15) is 9.59 Å². The molecule has 0 spiro atoms. The number of ether oxygens (including phenoxy) is 1. The molecule has 0 aliphatic carbocycles. The number of fused-ring (bicyclic) bond motifs is 1. The summed E-state index contributed by atoms with van der Waals surface area (Å²) >= 11 is 0. The van der Waals surface area contributed by atoms with E-state index in [0.717, 1.165) is 35.2 Å². The second kappa shape index (κ2) is 9.57. The molecule has 3 heterocycles. The van der Waals surface area contributed by atoms with Crippen molar-refractivity contribution >= 4 is 22.5 Å². The van der Waals surface area contributed by atoms with Crippen molar-refractivity contribution in [3.63, 3.8) is 0 Å². The summed E-state index contributed by atoms with van der Waals surface area (Å²) < 4.78 is 10.9. The van der Waals surface area contributed by atoms with Crippen LogP contribution in [0.2, 0.25) is 0 Å². The van der Waals surface area contributed by atoms with Crippen LogP contribution in [-0.2, 0) is 17.8 Å². The van der Waals surface area contributed by atoms with Crippen molar-refractivity contribution in [2.24, 2.45) is 0 Å². The molecule has 0 radical (unpaired) electrons. The maximum Gasteiger partial charge on any atom is 0.254 e. The molecule has 2 aromatic carbocycles. The largest absolute Gasteiger partial charge is 0.467 e. The SMILES string of the molecule is Cc1ccc2[nH]c(=O)c(CN(Cc3ccco3)C(=O)c3ccc(N4CCOCC4)cc3)cc2c1. The van der Waals surface area contributed by atoms with Crippen LogP contribution in [0.25, 0.3) is 10.9 Å². The molecule has 1 saturated heterocycles. The minimum absolute atomic E-state index is 0.159. The minimum atomic E-state index is -0.198. The van der Waals surface area contributed by atoms with E-state index in [2.05, 4.69) is 9.88 Å². The zero-order valence-corrected chi connectivity index (χ0v) is 19.1. The third kappa shape index (κ3) is 4.75. The van der Waals surface area contributed by atoms with Gasteiger partial charge in [0.25, 0.3) is 11.5 Å². The standard InChI is InChI=1S/C27H27N3O4/c1-19-4-9-25-21(15-19)16-22(26(31)28-25)17-30(18-24-3-2-12-34-24)27(32)20-5-7-23(8-6-20)29-10-13-33-14-11-29/h2-9,12,15-16H,10-11,13-14,17-18H2,1H3,(H,28,31). The Labute approximate surface area is 197 Å². The summed E-state index contributed by atoms with van der Waals surface area (Å²) in [4.78, 5) is 33.2. The number of aromatic amines is 1. The van der Waals surface area contributed by atoms with Crippen molar-refractivity contribution in [1.29, 1.82) is 0 Å². The Bertz CT molecular complexity index is 1340. The molecule has 34 heavy (non-hydrogen) atoms. The van der Waals surface area contributed by atoms with Gasteiger partial charge in [0, 0.05) is 35.4 Å².